The van der Waals surface area contributed by atoms with E-state index in [1.165, 1.54) is 0 Å². The van der Waals surface area contributed by atoms with Crippen molar-refractivity contribution < 1.29 is 9.90 Å². The maximum atomic E-state index is 10.4. The van der Waals surface area contributed by atoms with Crippen LogP contribution in [0.25, 0.3) is 10.8 Å². The van der Waals surface area contributed by atoms with Gasteiger partial charge in [-0.2, -0.15) is 0 Å². The van der Waals surface area contributed by atoms with Crippen LogP contribution in [-0.2, 0) is 4.79 Å². The highest BCUT2D eigenvalue weighted by molar-refractivity contribution is 5.88. The topological polar surface area (TPSA) is 37.3 Å². The molecule has 0 amide bonds. The van der Waals surface area contributed by atoms with Crippen LogP contribution in [0, 0.1) is 0 Å². The summed E-state index contributed by atoms with van der Waals surface area (Å²) in [7, 11) is 0. The molecular formula is C12H9O2. The summed E-state index contributed by atoms with van der Waals surface area (Å²) in [4.78, 5) is 10.4. The van der Waals surface area contributed by atoms with E-state index in [1.54, 1.807) is 12.4 Å². The van der Waals surface area contributed by atoms with Crippen molar-refractivity contribution in [3.05, 3.63) is 48.0 Å². The zero-order valence-corrected chi connectivity index (χ0v) is 7.47. The quantitative estimate of drug-likeness (QED) is 0.776. The molecule has 2 nitrogen and oxygen atoms in total. The van der Waals surface area contributed by atoms with Crippen LogP contribution in [0.5, 0.6) is 0 Å². The summed E-state index contributed by atoms with van der Waals surface area (Å²) in [6.45, 7) is 0. The normalized spacial score (nSPS) is 12.6. The molecule has 0 aliphatic rings. The van der Waals surface area contributed by atoms with Gasteiger partial charge in [-0.05, 0) is 16.3 Å². The van der Waals surface area contributed by atoms with Crippen LogP contribution in [0.3, 0.4) is 0 Å². The summed E-state index contributed by atoms with van der Waals surface area (Å²) < 4.78 is 0. The average Bonchev–Trinajstić information content (AvgIpc) is 2.27. The van der Waals surface area contributed by atoms with Crippen molar-refractivity contribution >= 4 is 17.1 Å². The molecule has 14 heavy (non-hydrogen) atoms. The van der Waals surface area contributed by atoms with Gasteiger partial charge < -0.3 is 5.11 Å². The standard InChI is InChI=1S/C12H9O2/c13-8-12(14)11-7-3-5-9-4-1-2-6-10(9)11/h1-7,12,14H. The first-order valence-electron chi connectivity index (χ1n) is 4.36. The lowest BCUT2D eigenvalue weighted by Gasteiger charge is -2.06. The summed E-state index contributed by atoms with van der Waals surface area (Å²) in [5.41, 5.74) is 0.609. The van der Waals surface area contributed by atoms with E-state index in [0.717, 1.165) is 10.8 Å². The van der Waals surface area contributed by atoms with Crippen LogP contribution in [-0.4, -0.2) is 11.4 Å². The van der Waals surface area contributed by atoms with Gasteiger partial charge >= 0.3 is 0 Å². The van der Waals surface area contributed by atoms with Crippen LogP contribution in [0.4, 0.5) is 0 Å². The molecule has 0 fully saturated rings. The molecule has 2 aromatic carbocycles. The second-order valence-corrected chi connectivity index (χ2v) is 3.09. The lowest BCUT2D eigenvalue weighted by molar-refractivity contribution is 0.241. The molecule has 0 saturated heterocycles. The minimum absolute atomic E-state index is 0.609. The molecule has 0 aliphatic carbocycles. The Kier molecular flexibility index (Phi) is 2.29. The average molecular weight is 185 g/mol. The van der Waals surface area contributed by atoms with Crippen molar-refractivity contribution in [3.63, 3.8) is 0 Å². The predicted octanol–water partition coefficient (Wildman–Crippen LogP) is 1.98. The molecule has 0 aliphatic heterocycles. The predicted molar refractivity (Wildman–Crippen MR) is 54.6 cm³/mol. The van der Waals surface area contributed by atoms with Crippen molar-refractivity contribution in [2.24, 2.45) is 0 Å². The Morgan fingerprint density at radius 3 is 2.57 bits per heavy atom. The molecule has 1 unspecified atom stereocenters. The van der Waals surface area contributed by atoms with Gasteiger partial charge in [-0.1, -0.05) is 42.5 Å². The zero-order chi connectivity index (χ0) is 9.97. The van der Waals surface area contributed by atoms with Crippen LogP contribution < -0.4 is 0 Å². The number of hydrogen-bond donors (Lipinski definition) is 1. The Morgan fingerprint density at radius 2 is 1.79 bits per heavy atom. The Balaban J connectivity index is 2.70. The largest absolute Gasteiger partial charge is 0.380 e. The maximum Gasteiger partial charge on any atom is 0.234 e. The first kappa shape index (κ1) is 8.91. The molecule has 1 radical (unpaired) electrons. The molecule has 0 bridgehead atoms. The highest BCUT2D eigenvalue weighted by atomic mass is 16.3. The van der Waals surface area contributed by atoms with Crippen molar-refractivity contribution in [2.45, 2.75) is 6.10 Å². The van der Waals surface area contributed by atoms with Crippen LogP contribution >= 0.6 is 0 Å². The highest BCUT2D eigenvalue weighted by Crippen LogP contribution is 2.22. The lowest BCUT2D eigenvalue weighted by atomic mass is 10.0. The van der Waals surface area contributed by atoms with E-state index >= 15 is 0 Å². The summed E-state index contributed by atoms with van der Waals surface area (Å²) in [6.07, 6.45) is 0.427. The third kappa shape index (κ3) is 1.40. The number of carbonyl (C=O) groups excluding carboxylic acids is 1. The van der Waals surface area contributed by atoms with Gasteiger partial charge in [-0.25, -0.2) is 0 Å². The van der Waals surface area contributed by atoms with Crippen molar-refractivity contribution in [2.75, 3.05) is 0 Å². The van der Waals surface area contributed by atoms with E-state index in [4.69, 9.17) is 0 Å². The summed E-state index contributed by atoms with van der Waals surface area (Å²) >= 11 is 0. The molecule has 2 heteroatoms. The Morgan fingerprint density at radius 1 is 1.07 bits per heavy atom. The van der Waals surface area contributed by atoms with Gasteiger partial charge in [0, 0.05) is 0 Å². The minimum Gasteiger partial charge on any atom is -0.380 e. The minimum atomic E-state index is -1.15. The smallest absolute Gasteiger partial charge is 0.234 e. The van der Waals surface area contributed by atoms with Gasteiger partial charge in [0.25, 0.3) is 0 Å². The molecule has 69 valence electrons. The fraction of sp³-hybridized carbons (Fsp3) is 0.0833. The van der Waals surface area contributed by atoms with Crippen LogP contribution in [0.2, 0.25) is 0 Å². The number of benzene rings is 2. The number of aliphatic hydroxyl groups excluding tert-OH is 1. The SMILES string of the molecule is O=[C]C(O)c1cccc2ccccc12. The Labute approximate surface area is 81.8 Å². The van der Waals surface area contributed by atoms with E-state index in [0.29, 0.717) is 5.56 Å². The first-order valence-corrected chi connectivity index (χ1v) is 4.36. The van der Waals surface area contributed by atoms with E-state index in [2.05, 4.69) is 0 Å². The molecule has 0 aromatic heterocycles. The van der Waals surface area contributed by atoms with Gasteiger partial charge in [0.15, 0.2) is 0 Å². The van der Waals surface area contributed by atoms with E-state index in [9.17, 15) is 9.90 Å². The molecule has 2 aromatic rings. The monoisotopic (exact) mass is 185 g/mol. The first-order chi connectivity index (χ1) is 6.83. The highest BCUT2D eigenvalue weighted by Gasteiger charge is 2.09. The number of hydrogen-bond acceptors (Lipinski definition) is 2. The molecular weight excluding hydrogens is 176 g/mol. The third-order valence-electron chi connectivity index (χ3n) is 2.23. The molecule has 2 rings (SSSR count). The lowest BCUT2D eigenvalue weighted by Crippen LogP contribution is -1.98. The molecule has 1 N–H and O–H groups in total. The van der Waals surface area contributed by atoms with Gasteiger partial charge in [0.1, 0.15) is 6.10 Å². The van der Waals surface area contributed by atoms with E-state index < -0.39 is 6.10 Å². The fourth-order valence-corrected chi connectivity index (χ4v) is 1.55. The second-order valence-electron chi connectivity index (χ2n) is 3.09. The summed E-state index contributed by atoms with van der Waals surface area (Å²) in [6, 6.07) is 13.1. The molecule has 1 atom stereocenters. The summed E-state index contributed by atoms with van der Waals surface area (Å²) in [5, 5.41) is 11.3. The van der Waals surface area contributed by atoms with Crippen LogP contribution in [0.1, 0.15) is 11.7 Å². The second kappa shape index (κ2) is 3.60. The van der Waals surface area contributed by atoms with Gasteiger partial charge in [-0.15, -0.1) is 0 Å². The molecule has 0 spiro atoms. The van der Waals surface area contributed by atoms with Gasteiger partial charge in [-0.3, -0.25) is 4.79 Å². The maximum absolute atomic E-state index is 10.4. The number of fused-ring (bicyclic) bond motifs is 1. The van der Waals surface area contributed by atoms with Crippen molar-refractivity contribution in [1.82, 2.24) is 0 Å². The van der Waals surface area contributed by atoms with Crippen molar-refractivity contribution in [1.29, 1.82) is 0 Å². The van der Waals surface area contributed by atoms with E-state index in [-0.39, 0.29) is 0 Å². The van der Waals surface area contributed by atoms with Gasteiger partial charge in [0.2, 0.25) is 6.29 Å². The van der Waals surface area contributed by atoms with Gasteiger partial charge in [0.05, 0.1) is 0 Å². The molecule has 0 saturated carbocycles. The number of rotatable bonds is 2. The fourth-order valence-electron chi connectivity index (χ4n) is 1.55. The molecule has 0 heterocycles. The Hall–Kier alpha value is -1.67. The number of aliphatic hydroxyl groups is 1. The van der Waals surface area contributed by atoms with E-state index in [1.807, 2.05) is 36.4 Å². The Bertz CT molecular complexity index is 457. The third-order valence-corrected chi connectivity index (χ3v) is 2.23. The zero-order valence-electron chi connectivity index (χ0n) is 7.47. The van der Waals surface area contributed by atoms with Crippen LogP contribution in [0.15, 0.2) is 42.5 Å². The van der Waals surface area contributed by atoms with Crippen molar-refractivity contribution in [3.8, 4) is 0 Å². The summed E-state index contributed by atoms with van der Waals surface area (Å²) in [5.74, 6) is 0.